The summed E-state index contributed by atoms with van der Waals surface area (Å²) < 4.78 is 56.1. The van der Waals surface area contributed by atoms with Gasteiger partial charge in [0.1, 0.15) is 5.82 Å². The summed E-state index contributed by atoms with van der Waals surface area (Å²) in [4.78, 5) is 6.18. The largest absolute Gasteiger partial charge is 0.416 e. The Morgan fingerprint density at radius 3 is 2.26 bits per heavy atom. The Kier molecular flexibility index (Phi) is 5.27. The second-order valence-electron chi connectivity index (χ2n) is 6.23. The number of nitrogens with zero attached hydrogens (tertiary/aromatic N) is 3. The lowest BCUT2D eigenvalue weighted by atomic mass is 10.1. The molecule has 0 saturated carbocycles. The summed E-state index contributed by atoms with van der Waals surface area (Å²) >= 11 is 0. The molecule has 0 bridgehead atoms. The zero-order valence-corrected chi connectivity index (χ0v) is 14.7. The number of hydrogen-bond acceptors (Lipinski definition) is 4. The van der Waals surface area contributed by atoms with E-state index < -0.39 is 11.7 Å². The second kappa shape index (κ2) is 7.48. The van der Waals surface area contributed by atoms with Crippen LogP contribution < -0.4 is 0 Å². The summed E-state index contributed by atoms with van der Waals surface area (Å²) in [6.45, 7) is 2.30. The lowest BCUT2D eigenvalue weighted by Crippen LogP contribution is -2.22. The van der Waals surface area contributed by atoms with Crippen LogP contribution in [0.15, 0.2) is 53.1 Å². The van der Waals surface area contributed by atoms with Gasteiger partial charge in [-0.1, -0.05) is 29.4 Å². The molecule has 0 N–H and O–H groups in total. The molecular weight excluding hydrogens is 362 g/mol. The van der Waals surface area contributed by atoms with Crippen LogP contribution in [0.3, 0.4) is 0 Å². The molecule has 1 atom stereocenters. The van der Waals surface area contributed by atoms with Gasteiger partial charge >= 0.3 is 6.18 Å². The van der Waals surface area contributed by atoms with Crippen molar-refractivity contribution in [3.05, 3.63) is 71.4 Å². The molecule has 0 aliphatic heterocycles. The van der Waals surface area contributed by atoms with Crippen LogP contribution in [0, 0.1) is 5.82 Å². The zero-order chi connectivity index (χ0) is 19.6. The monoisotopic (exact) mass is 379 g/mol. The molecule has 27 heavy (non-hydrogen) atoms. The molecule has 1 heterocycles. The minimum absolute atomic E-state index is 0.0213. The summed E-state index contributed by atoms with van der Waals surface area (Å²) in [5.74, 6) is 0.259. The minimum atomic E-state index is -4.39. The van der Waals surface area contributed by atoms with E-state index in [1.165, 1.54) is 24.3 Å². The number of halogens is 4. The maximum Gasteiger partial charge on any atom is 0.416 e. The lowest BCUT2D eigenvalue weighted by Gasteiger charge is -2.23. The summed E-state index contributed by atoms with van der Waals surface area (Å²) in [5.41, 5.74) is 0.636. The van der Waals surface area contributed by atoms with Crippen molar-refractivity contribution in [2.75, 3.05) is 7.05 Å². The average Bonchev–Trinajstić information content (AvgIpc) is 3.09. The number of alkyl halides is 3. The third-order valence-electron chi connectivity index (χ3n) is 4.34. The summed E-state index contributed by atoms with van der Waals surface area (Å²) in [5, 5.41) is 3.83. The van der Waals surface area contributed by atoms with Crippen LogP contribution in [-0.4, -0.2) is 22.1 Å². The van der Waals surface area contributed by atoms with Crippen molar-refractivity contribution in [1.29, 1.82) is 0 Å². The average molecular weight is 379 g/mol. The molecule has 0 radical (unpaired) electrons. The highest BCUT2D eigenvalue weighted by molar-refractivity contribution is 5.54. The molecular formula is C19H17F4N3O. The molecule has 0 amide bonds. The van der Waals surface area contributed by atoms with E-state index >= 15 is 0 Å². The minimum Gasteiger partial charge on any atom is -0.338 e. The summed E-state index contributed by atoms with van der Waals surface area (Å²) in [6, 6.07) is 10.8. The zero-order valence-electron chi connectivity index (χ0n) is 14.7. The van der Waals surface area contributed by atoms with Crippen molar-refractivity contribution in [3.8, 4) is 11.4 Å². The van der Waals surface area contributed by atoms with E-state index in [9.17, 15) is 17.6 Å². The van der Waals surface area contributed by atoms with Gasteiger partial charge in [-0.25, -0.2) is 4.39 Å². The first-order chi connectivity index (χ1) is 12.7. The smallest absolute Gasteiger partial charge is 0.338 e. The molecule has 1 unspecified atom stereocenters. The maximum absolute atomic E-state index is 13.0. The Morgan fingerprint density at radius 2 is 1.67 bits per heavy atom. The van der Waals surface area contributed by atoms with Crippen molar-refractivity contribution < 1.29 is 22.1 Å². The quantitative estimate of drug-likeness (QED) is 0.579. The number of aromatic nitrogens is 2. The fourth-order valence-corrected chi connectivity index (χ4v) is 2.59. The molecule has 1 aromatic heterocycles. The molecule has 0 fully saturated rings. The van der Waals surface area contributed by atoms with Crippen LogP contribution in [-0.2, 0) is 12.7 Å². The van der Waals surface area contributed by atoms with Crippen LogP contribution in [0.5, 0.6) is 0 Å². The van der Waals surface area contributed by atoms with Crippen LogP contribution in [0.1, 0.15) is 30.0 Å². The molecule has 4 nitrogen and oxygen atoms in total. The van der Waals surface area contributed by atoms with Crippen molar-refractivity contribution in [2.24, 2.45) is 0 Å². The first kappa shape index (κ1) is 19.0. The van der Waals surface area contributed by atoms with Gasteiger partial charge in [-0.2, -0.15) is 18.2 Å². The van der Waals surface area contributed by atoms with Gasteiger partial charge in [0.2, 0.25) is 11.7 Å². The normalized spacial score (nSPS) is 13.1. The van der Waals surface area contributed by atoms with Gasteiger partial charge < -0.3 is 4.52 Å². The van der Waals surface area contributed by atoms with Gasteiger partial charge in [0.25, 0.3) is 0 Å². The number of hydrogen-bond donors (Lipinski definition) is 0. The van der Waals surface area contributed by atoms with Gasteiger partial charge in [0.15, 0.2) is 0 Å². The first-order valence-corrected chi connectivity index (χ1v) is 8.20. The molecule has 8 heteroatoms. The molecule has 0 spiro atoms. The number of benzene rings is 2. The van der Waals surface area contributed by atoms with Gasteiger partial charge in [-0.15, -0.1) is 0 Å². The van der Waals surface area contributed by atoms with Gasteiger partial charge in [-0.3, -0.25) is 4.90 Å². The van der Waals surface area contributed by atoms with Crippen molar-refractivity contribution in [1.82, 2.24) is 15.0 Å². The predicted molar refractivity (Wildman–Crippen MR) is 91.0 cm³/mol. The summed E-state index contributed by atoms with van der Waals surface area (Å²) in [6.07, 6.45) is -4.39. The highest BCUT2D eigenvalue weighted by atomic mass is 19.4. The van der Waals surface area contributed by atoms with Gasteiger partial charge in [-0.05, 0) is 43.8 Å². The Hall–Kier alpha value is -2.74. The molecule has 0 saturated heterocycles. The third kappa shape index (κ3) is 4.51. The lowest BCUT2D eigenvalue weighted by molar-refractivity contribution is -0.137. The molecule has 3 aromatic rings. The van der Waals surface area contributed by atoms with Crippen LogP contribution in [0.2, 0.25) is 0 Å². The molecule has 2 aromatic carbocycles. The van der Waals surface area contributed by atoms with E-state index in [0.29, 0.717) is 18.0 Å². The number of rotatable bonds is 5. The highest BCUT2D eigenvalue weighted by Crippen LogP contribution is 2.30. The highest BCUT2D eigenvalue weighted by Gasteiger charge is 2.30. The van der Waals surface area contributed by atoms with Crippen LogP contribution in [0.4, 0.5) is 17.6 Å². The van der Waals surface area contributed by atoms with E-state index in [1.807, 2.05) is 18.9 Å². The van der Waals surface area contributed by atoms with Crippen molar-refractivity contribution >= 4 is 0 Å². The van der Waals surface area contributed by atoms with Crippen molar-refractivity contribution in [2.45, 2.75) is 25.7 Å². The van der Waals surface area contributed by atoms with Gasteiger partial charge in [0.05, 0.1) is 12.1 Å². The predicted octanol–water partition coefficient (Wildman–Crippen LogP) is 5.09. The second-order valence-corrected chi connectivity index (χ2v) is 6.23. The molecule has 0 aliphatic rings. The fraction of sp³-hybridized carbons (Fsp3) is 0.263. The van der Waals surface area contributed by atoms with Crippen LogP contribution >= 0.6 is 0 Å². The molecule has 142 valence electrons. The Balaban J connectivity index is 1.69. The Morgan fingerprint density at radius 1 is 1.04 bits per heavy atom. The van der Waals surface area contributed by atoms with Crippen LogP contribution in [0.25, 0.3) is 11.4 Å². The third-order valence-corrected chi connectivity index (χ3v) is 4.34. The van der Waals surface area contributed by atoms with E-state index in [4.69, 9.17) is 4.52 Å². The summed E-state index contributed by atoms with van der Waals surface area (Å²) in [7, 11) is 1.86. The van der Waals surface area contributed by atoms with Crippen molar-refractivity contribution in [3.63, 3.8) is 0 Å². The first-order valence-electron chi connectivity index (χ1n) is 8.20. The molecule has 3 rings (SSSR count). The Bertz CT molecular complexity index is 889. The topological polar surface area (TPSA) is 42.2 Å². The van der Waals surface area contributed by atoms with E-state index in [2.05, 4.69) is 10.1 Å². The van der Waals surface area contributed by atoms with E-state index in [1.54, 1.807) is 12.1 Å². The Labute approximate surface area is 153 Å². The van der Waals surface area contributed by atoms with E-state index in [0.717, 1.165) is 17.7 Å². The standard InChI is InChI=1S/C19H17F4N3O/c1-12(13-5-9-16(20)10-6-13)26(2)11-17-24-18(25-27-17)14-3-7-15(8-4-14)19(21,22)23/h3-10,12H,11H2,1-2H3. The van der Waals surface area contributed by atoms with Gasteiger partial charge in [0, 0.05) is 11.6 Å². The van der Waals surface area contributed by atoms with E-state index in [-0.39, 0.29) is 17.7 Å². The fourth-order valence-electron chi connectivity index (χ4n) is 2.59. The molecule has 0 aliphatic carbocycles. The maximum atomic E-state index is 13.0. The SMILES string of the molecule is CC(c1ccc(F)cc1)N(C)Cc1nc(-c2ccc(C(F)(F)F)cc2)no1.